The van der Waals surface area contributed by atoms with Crippen LogP contribution in [0.2, 0.25) is 0 Å². The first kappa shape index (κ1) is 12.8. The van der Waals surface area contributed by atoms with Gasteiger partial charge < -0.3 is 5.32 Å². The summed E-state index contributed by atoms with van der Waals surface area (Å²) >= 11 is 1.70. The van der Waals surface area contributed by atoms with Gasteiger partial charge in [-0.25, -0.2) is 0 Å². The van der Waals surface area contributed by atoms with E-state index in [0.29, 0.717) is 13.0 Å². The fourth-order valence-corrected chi connectivity index (χ4v) is 2.02. The van der Waals surface area contributed by atoms with Gasteiger partial charge in [-0.05, 0) is 19.1 Å². The van der Waals surface area contributed by atoms with E-state index in [2.05, 4.69) is 43.1 Å². The number of hydrogen-bond acceptors (Lipinski definition) is 2. The Morgan fingerprint density at radius 3 is 2.75 bits per heavy atom. The molecule has 0 atom stereocenters. The number of benzene rings is 1. The Balaban J connectivity index is 2.22. The van der Waals surface area contributed by atoms with E-state index >= 15 is 0 Å². The van der Waals surface area contributed by atoms with Gasteiger partial charge in [0, 0.05) is 23.6 Å². The first-order chi connectivity index (χ1) is 7.72. The van der Waals surface area contributed by atoms with Gasteiger partial charge in [-0.15, -0.1) is 18.3 Å². The Morgan fingerprint density at radius 1 is 1.44 bits per heavy atom. The summed E-state index contributed by atoms with van der Waals surface area (Å²) in [5.74, 6) is 0.894. The molecule has 3 heteroatoms. The summed E-state index contributed by atoms with van der Waals surface area (Å²) in [5.41, 5.74) is 1.26. The number of amides is 1. The molecular weight excluding hydrogens is 218 g/mol. The van der Waals surface area contributed by atoms with Gasteiger partial charge in [0.25, 0.3) is 0 Å². The minimum absolute atomic E-state index is 0.0829. The number of thioether (sulfide) groups is 1. The number of carbonyl (C=O) groups excluding carboxylic acids is 1. The molecule has 1 N–H and O–H groups in total. The molecule has 0 spiro atoms. The predicted octanol–water partition coefficient (Wildman–Crippen LogP) is 2.78. The Kier molecular flexibility index (Phi) is 5.72. The van der Waals surface area contributed by atoms with Gasteiger partial charge in [0.05, 0.1) is 0 Å². The van der Waals surface area contributed by atoms with E-state index < -0.39 is 0 Å². The summed E-state index contributed by atoms with van der Waals surface area (Å²) in [6.45, 7) is 6.17. The third-order valence-corrected chi connectivity index (χ3v) is 3.08. The molecule has 0 saturated heterocycles. The van der Waals surface area contributed by atoms with E-state index in [1.807, 2.05) is 0 Å². The van der Waals surface area contributed by atoms with Gasteiger partial charge in [0.1, 0.15) is 0 Å². The highest BCUT2D eigenvalue weighted by Gasteiger charge is 2.00. The van der Waals surface area contributed by atoms with Crippen LogP contribution in [0.25, 0.3) is 0 Å². The monoisotopic (exact) mass is 235 g/mol. The number of carbonyl (C=O) groups is 1. The summed E-state index contributed by atoms with van der Waals surface area (Å²) in [6.07, 6.45) is 2.23. The number of rotatable bonds is 6. The number of hydrogen-bond donors (Lipinski definition) is 1. The van der Waals surface area contributed by atoms with E-state index in [-0.39, 0.29) is 5.91 Å². The van der Waals surface area contributed by atoms with Gasteiger partial charge in [-0.1, -0.05) is 23.8 Å². The molecule has 0 bridgehead atoms. The van der Waals surface area contributed by atoms with Crippen LogP contribution >= 0.6 is 11.8 Å². The maximum atomic E-state index is 11.3. The molecule has 1 aromatic rings. The molecule has 2 nitrogen and oxygen atoms in total. The second kappa shape index (κ2) is 7.12. The van der Waals surface area contributed by atoms with Gasteiger partial charge in [0.15, 0.2) is 0 Å². The van der Waals surface area contributed by atoms with Crippen molar-refractivity contribution in [3.8, 4) is 0 Å². The van der Waals surface area contributed by atoms with Crippen molar-refractivity contribution in [2.45, 2.75) is 18.2 Å². The molecule has 0 aliphatic carbocycles. The van der Waals surface area contributed by atoms with Crippen LogP contribution in [-0.4, -0.2) is 18.2 Å². The van der Waals surface area contributed by atoms with E-state index in [1.165, 1.54) is 10.5 Å². The Hall–Kier alpha value is -1.22. The Bertz CT molecular complexity index is 345. The lowest BCUT2D eigenvalue weighted by Gasteiger charge is -2.03. The van der Waals surface area contributed by atoms with Crippen LogP contribution in [0.15, 0.2) is 41.8 Å². The molecule has 0 saturated carbocycles. The van der Waals surface area contributed by atoms with Crippen LogP contribution in [0.4, 0.5) is 0 Å². The molecule has 0 fully saturated rings. The highest BCUT2D eigenvalue weighted by atomic mass is 32.2. The van der Waals surface area contributed by atoms with Crippen molar-refractivity contribution in [3.05, 3.63) is 42.5 Å². The molecule has 1 aromatic carbocycles. The average Bonchev–Trinajstić information content (AvgIpc) is 2.29. The number of aryl methyl sites for hydroxylation is 1. The Morgan fingerprint density at radius 2 is 2.12 bits per heavy atom. The van der Waals surface area contributed by atoms with Gasteiger partial charge in [-0.2, -0.15) is 0 Å². The van der Waals surface area contributed by atoms with E-state index in [0.717, 1.165) is 5.75 Å². The normalized spacial score (nSPS) is 9.81. The summed E-state index contributed by atoms with van der Waals surface area (Å²) in [5, 5.41) is 2.76. The highest BCUT2D eigenvalue weighted by Crippen LogP contribution is 2.18. The van der Waals surface area contributed by atoms with Crippen molar-refractivity contribution in [1.82, 2.24) is 5.32 Å². The van der Waals surface area contributed by atoms with Crippen LogP contribution < -0.4 is 5.32 Å². The van der Waals surface area contributed by atoms with Gasteiger partial charge in [0.2, 0.25) is 5.91 Å². The van der Waals surface area contributed by atoms with Crippen molar-refractivity contribution in [3.63, 3.8) is 0 Å². The second-order valence-electron chi connectivity index (χ2n) is 3.50. The predicted molar refractivity (Wildman–Crippen MR) is 69.7 cm³/mol. The molecule has 0 unspecified atom stereocenters. The van der Waals surface area contributed by atoms with E-state index in [9.17, 15) is 4.79 Å². The van der Waals surface area contributed by atoms with Crippen molar-refractivity contribution in [1.29, 1.82) is 0 Å². The standard InChI is InChI=1S/C13H17NOS/c1-3-9-14-13(15)8-10-16-12-6-4-11(2)5-7-12/h3-7H,1,8-10H2,2H3,(H,14,15). The zero-order valence-electron chi connectivity index (χ0n) is 9.53. The maximum absolute atomic E-state index is 11.3. The van der Waals surface area contributed by atoms with Crippen LogP contribution in [0, 0.1) is 6.92 Å². The molecule has 0 aliphatic rings. The first-order valence-electron chi connectivity index (χ1n) is 5.29. The fourth-order valence-electron chi connectivity index (χ4n) is 1.17. The lowest BCUT2D eigenvalue weighted by molar-refractivity contribution is -0.120. The summed E-state index contributed by atoms with van der Waals surface area (Å²) in [4.78, 5) is 12.5. The van der Waals surface area contributed by atoms with Gasteiger partial charge in [-0.3, -0.25) is 4.79 Å². The quantitative estimate of drug-likeness (QED) is 0.607. The topological polar surface area (TPSA) is 29.1 Å². The molecular formula is C13H17NOS. The first-order valence-corrected chi connectivity index (χ1v) is 6.28. The summed E-state index contributed by atoms with van der Waals surface area (Å²) in [7, 11) is 0. The molecule has 0 aliphatic heterocycles. The third-order valence-electron chi connectivity index (χ3n) is 2.06. The van der Waals surface area contributed by atoms with E-state index in [1.54, 1.807) is 17.8 Å². The van der Waals surface area contributed by atoms with Crippen molar-refractivity contribution < 1.29 is 4.79 Å². The summed E-state index contributed by atoms with van der Waals surface area (Å²) in [6, 6.07) is 8.34. The van der Waals surface area contributed by atoms with Gasteiger partial charge >= 0.3 is 0 Å². The van der Waals surface area contributed by atoms with Crippen LogP contribution in [0.3, 0.4) is 0 Å². The third kappa shape index (κ3) is 5.03. The largest absolute Gasteiger partial charge is 0.353 e. The van der Waals surface area contributed by atoms with Crippen molar-refractivity contribution >= 4 is 17.7 Å². The van der Waals surface area contributed by atoms with Crippen LogP contribution in [-0.2, 0) is 4.79 Å². The molecule has 16 heavy (non-hydrogen) atoms. The molecule has 0 aromatic heterocycles. The molecule has 0 radical (unpaired) electrons. The zero-order chi connectivity index (χ0) is 11.8. The summed E-state index contributed by atoms with van der Waals surface area (Å²) < 4.78 is 0. The smallest absolute Gasteiger partial charge is 0.221 e. The van der Waals surface area contributed by atoms with E-state index in [4.69, 9.17) is 0 Å². The van der Waals surface area contributed by atoms with Crippen LogP contribution in [0.5, 0.6) is 0 Å². The lowest BCUT2D eigenvalue weighted by atomic mass is 10.2. The fraction of sp³-hybridized carbons (Fsp3) is 0.308. The van der Waals surface area contributed by atoms with Crippen LogP contribution in [0.1, 0.15) is 12.0 Å². The molecule has 1 amide bonds. The minimum Gasteiger partial charge on any atom is -0.353 e. The zero-order valence-corrected chi connectivity index (χ0v) is 10.3. The SMILES string of the molecule is C=CCNC(=O)CCSc1ccc(C)cc1. The minimum atomic E-state index is 0.0829. The molecule has 86 valence electrons. The Labute approximate surface area is 101 Å². The van der Waals surface area contributed by atoms with Crippen molar-refractivity contribution in [2.24, 2.45) is 0 Å². The maximum Gasteiger partial charge on any atom is 0.221 e. The lowest BCUT2D eigenvalue weighted by Crippen LogP contribution is -2.23. The van der Waals surface area contributed by atoms with Crippen molar-refractivity contribution in [2.75, 3.05) is 12.3 Å². The number of nitrogens with one attached hydrogen (secondary N) is 1. The molecule has 1 rings (SSSR count). The average molecular weight is 235 g/mol. The second-order valence-corrected chi connectivity index (χ2v) is 4.67. The highest BCUT2D eigenvalue weighted by molar-refractivity contribution is 7.99. The molecule has 0 heterocycles.